The maximum absolute atomic E-state index is 11.5. The standard InChI is InChI=1S/C26H31ClN4O2/c1-15(32)33-17-8-10-25(2)16(12-17)4-5-18-19-6-7-21(26(19,3)11-9-20(18)25)31-14-30-22-23(27)28-13-29-24(22)31/h4,7,13-14,17-20H,5-6,8-12H2,1-3H3/t17-,18-,19-,20-,25-,26-/m0/s1. The number of carbonyl (C=O) groups excluding carboxylic acids is 1. The fraction of sp³-hybridized carbons (Fsp3) is 0.615. The van der Waals surface area contributed by atoms with Crippen LogP contribution in [-0.2, 0) is 9.53 Å². The summed E-state index contributed by atoms with van der Waals surface area (Å²) in [5.74, 6) is 1.82. The lowest BCUT2D eigenvalue weighted by atomic mass is 9.48. The summed E-state index contributed by atoms with van der Waals surface area (Å²) in [7, 11) is 0. The van der Waals surface area contributed by atoms with E-state index in [1.165, 1.54) is 37.4 Å². The van der Waals surface area contributed by atoms with Crippen molar-refractivity contribution in [1.82, 2.24) is 19.5 Å². The molecule has 2 aromatic heterocycles. The molecule has 2 fully saturated rings. The minimum Gasteiger partial charge on any atom is -0.462 e. The van der Waals surface area contributed by atoms with Crippen molar-refractivity contribution in [2.45, 2.75) is 71.8 Å². The molecule has 2 heterocycles. The molecule has 0 saturated heterocycles. The topological polar surface area (TPSA) is 69.9 Å². The van der Waals surface area contributed by atoms with Crippen molar-refractivity contribution in [2.75, 3.05) is 0 Å². The van der Waals surface area contributed by atoms with Gasteiger partial charge in [-0.15, -0.1) is 0 Å². The number of allylic oxidation sites excluding steroid dienone is 3. The van der Waals surface area contributed by atoms with Gasteiger partial charge >= 0.3 is 5.97 Å². The Balaban J connectivity index is 1.30. The normalized spacial score (nSPS) is 37.6. The molecule has 33 heavy (non-hydrogen) atoms. The molecule has 0 aliphatic heterocycles. The highest BCUT2D eigenvalue weighted by Crippen LogP contribution is 2.65. The van der Waals surface area contributed by atoms with Crippen molar-refractivity contribution in [1.29, 1.82) is 0 Å². The number of ether oxygens (including phenoxy) is 1. The van der Waals surface area contributed by atoms with E-state index in [-0.39, 0.29) is 22.9 Å². The van der Waals surface area contributed by atoms with Crippen LogP contribution in [0.2, 0.25) is 5.15 Å². The van der Waals surface area contributed by atoms with E-state index in [4.69, 9.17) is 16.3 Å². The van der Waals surface area contributed by atoms with Crippen LogP contribution in [0.15, 0.2) is 30.4 Å². The van der Waals surface area contributed by atoms with Gasteiger partial charge in [0, 0.05) is 24.5 Å². The minimum atomic E-state index is -0.158. The SMILES string of the molecule is CC(=O)O[C@H]1CC[C@@]2(C)C(=CC[C@@H]3[C@@H]2CC[C@]2(C)C(n4cnc5c(Cl)ncnc54)=CC[C@@H]32)C1. The molecule has 6 rings (SSSR count). The molecule has 6 nitrogen and oxygen atoms in total. The quantitative estimate of drug-likeness (QED) is 0.316. The molecule has 7 heteroatoms. The van der Waals surface area contributed by atoms with Crippen LogP contribution in [0.5, 0.6) is 0 Å². The van der Waals surface area contributed by atoms with Crippen LogP contribution >= 0.6 is 11.6 Å². The zero-order valence-electron chi connectivity index (χ0n) is 19.6. The van der Waals surface area contributed by atoms with Gasteiger partial charge in [0.15, 0.2) is 10.8 Å². The van der Waals surface area contributed by atoms with Gasteiger partial charge in [-0.25, -0.2) is 15.0 Å². The van der Waals surface area contributed by atoms with Crippen LogP contribution in [0.3, 0.4) is 0 Å². The molecule has 0 unspecified atom stereocenters. The van der Waals surface area contributed by atoms with Gasteiger partial charge in [-0.3, -0.25) is 9.36 Å². The number of imidazole rings is 1. The summed E-state index contributed by atoms with van der Waals surface area (Å²) in [5.41, 5.74) is 4.65. The predicted molar refractivity (Wildman–Crippen MR) is 127 cm³/mol. The lowest BCUT2D eigenvalue weighted by molar-refractivity contribution is -0.148. The fourth-order valence-electron chi connectivity index (χ4n) is 7.86. The fourth-order valence-corrected chi connectivity index (χ4v) is 8.04. The minimum absolute atomic E-state index is 0.0512. The van der Waals surface area contributed by atoms with Crippen molar-refractivity contribution in [2.24, 2.45) is 28.6 Å². The molecule has 4 aliphatic rings. The van der Waals surface area contributed by atoms with E-state index in [1.807, 2.05) is 6.33 Å². The van der Waals surface area contributed by atoms with Crippen molar-refractivity contribution < 1.29 is 9.53 Å². The molecule has 0 amide bonds. The van der Waals surface area contributed by atoms with Gasteiger partial charge in [0.05, 0.1) is 0 Å². The Morgan fingerprint density at radius 3 is 2.73 bits per heavy atom. The van der Waals surface area contributed by atoms with Crippen molar-refractivity contribution >= 4 is 34.4 Å². The smallest absolute Gasteiger partial charge is 0.302 e. The highest BCUT2D eigenvalue weighted by molar-refractivity contribution is 6.33. The van der Waals surface area contributed by atoms with Crippen LogP contribution in [-0.4, -0.2) is 31.6 Å². The van der Waals surface area contributed by atoms with E-state index >= 15 is 0 Å². The monoisotopic (exact) mass is 466 g/mol. The van der Waals surface area contributed by atoms with Gasteiger partial charge in [0.25, 0.3) is 0 Å². The van der Waals surface area contributed by atoms with Gasteiger partial charge in [-0.2, -0.15) is 0 Å². The van der Waals surface area contributed by atoms with Crippen LogP contribution < -0.4 is 0 Å². The van der Waals surface area contributed by atoms with E-state index in [9.17, 15) is 4.79 Å². The summed E-state index contributed by atoms with van der Waals surface area (Å²) in [6.45, 7) is 6.45. The number of hydrogen-bond acceptors (Lipinski definition) is 5. The predicted octanol–water partition coefficient (Wildman–Crippen LogP) is 5.83. The zero-order chi connectivity index (χ0) is 23.0. The summed E-state index contributed by atoms with van der Waals surface area (Å²) in [6.07, 6.45) is 16.0. The Hall–Kier alpha value is -2.21. The first-order valence-electron chi connectivity index (χ1n) is 12.2. The summed E-state index contributed by atoms with van der Waals surface area (Å²) in [6, 6.07) is 0. The first-order valence-corrected chi connectivity index (χ1v) is 12.6. The second kappa shape index (κ2) is 7.39. The average Bonchev–Trinajstić information content (AvgIpc) is 3.35. The molecule has 2 aromatic rings. The van der Waals surface area contributed by atoms with Gasteiger partial charge < -0.3 is 4.74 Å². The average molecular weight is 467 g/mol. The molecule has 0 N–H and O–H groups in total. The summed E-state index contributed by atoms with van der Waals surface area (Å²) in [4.78, 5) is 24.6. The summed E-state index contributed by atoms with van der Waals surface area (Å²) in [5, 5.41) is 0.407. The molecule has 6 atom stereocenters. The Morgan fingerprint density at radius 2 is 1.91 bits per heavy atom. The maximum atomic E-state index is 11.5. The zero-order valence-corrected chi connectivity index (χ0v) is 20.3. The molecule has 0 bridgehead atoms. The number of nitrogens with zero attached hydrogens (tertiary/aromatic N) is 4. The van der Waals surface area contributed by atoms with E-state index in [1.54, 1.807) is 0 Å². The number of fused-ring (bicyclic) bond motifs is 6. The van der Waals surface area contributed by atoms with E-state index in [0.29, 0.717) is 28.4 Å². The van der Waals surface area contributed by atoms with Gasteiger partial charge in [-0.1, -0.05) is 43.2 Å². The molecule has 2 saturated carbocycles. The molecular weight excluding hydrogens is 436 g/mol. The third-order valence-electron chi connectivity index (χ3n) is 9.48. The van der Waals surface area contributed by atoms with Crippen molar-refractivity contribution in [3.63, 3.8) is 0 Å². The van der Waals surface area contributed by atoms with Crippen molar-refractivity contribution in [3.05, 3.63) is 35.5 Å². The highest BCUT2D eigenvalue weighted by Gasteiger charge is 2.57. The number of carbonyl (C=O) groups is 1. The molecule has 0 radical (unpaired) electrons. The first-order chi connectivity index (χ1) is 15.8. The van der Waals surface area contributed by atoms with E-state index in [0.717, 1.165) is 37.8 Å². The van der Waals surface area contributed by atoms with Crippen LogP contribution in [0, 0.1) is 28.6 Å². The molecule has 174 valence electrons. The number of esters is 1. The Kier molecular flexibility index (Phi) is 4.78. The number of hydrogen-bond donors (Lipinski definition) is 0. The molecule has 0 spiro atoms. The number of rotatable bonds is 2. The number of halogens is 1. The Labute approximate surface area is 199 Å². The molecule has 0 aromatic carbocycles. The third-order valence-corrected chi connectivity index (χ3v) is 9.76. The molecule has 4 aliphatic carbocycles. The molecular formula is C26H31ClN4O2. The van der Waals surface area contributed by atoms with Crippen LogP contribution in [0.4, 0.5) is 0 Å². The lowest BCUT2D eigenvalue weighted by Gasteiger charge is -2.57. The van der Waals surface area contributed by atoms with Crippen LogP contribution in [0.25, 0.3) is 16.9 Å². The lowest BCUT2D eigenvalue weighted by Crippen LogP contribution is -2.50. The Morgan fingerprint density at radius 1 is 1.09 bits per heavy atom. The highest BCUT2D eigenvalue weighted by atomic mass is 35.5. The van der Waals surface area contributed by atoms with E-state index < -0.39 is 0 Å². The second-order valence-electron chi connectivity index (χ2n) is 11.0. The van der Waals surface area contributed by atoms with Crippen LogP contribution in [0.1, 0.15) is 65.7 Å². The van der Waals surface area contributed by atoms with E-state index in [2.05, 4.69) is 45.5 Å². The van der Waals surface area contributed by atoms with Gasteiger partial charge in [0.2, 0.25) is 0 Å². The number of aromatic nitrogens is 4. The van der Waals surface area contributed by atoms with Crippen molar-refractivity contribution in [3.8, 4) is 0 Å². The Bertz CT molecular complexity index is 1200. The van der Waals surface area contributed by atoms with Gasteiger partial charge in [-0.05, 0) is 61.7 Å². The van der Waals surface area contributed by atoms with Gasteiger partial charge in [0.1, 0.15) is 24.3 Å². The maximum Gasteiger partial charge on any atom is 0.302 e. The third kappa shape index (κ3) is 3.05. The first kappa shape index (κ1) is 21.3. The largest absolute Gasteiger partial charge is 0.462 e. The summed E-state index contributed by atoms with van der Waals surface area (Å²) < 4.78 is 7.74. The second-order valence-corrected chi connectivity index (χ2v) is 11.3. The summed E-state index contributed by atoms with van der Waals surface area (Å²) >= 11 is 6.28.